The van der Waals surface area contributed by atoms with Crippen LogP contribution in [0, 0.1) is 12.3 Å². The molecule has 6 heteroatoms. The maximum atomic E-state index is 5.50. The Kier molecular flexibility index (Phi) is 11.0. The molecule has 1 aromatic rings. The zero-order chi connectivity index (χ0) is 16.4. The highest BCUT2D eigenvalue weighted by Gasteiger charge is 2.07. The van der Waals surface area contributed by atoms with E-state index in [1.165, 1.54) is 0 Å². The summed E-state index contributed by atoms with van der Waals surface area (Å²) in [5, 5.41) is 6.59. The molecule has 0 bridgehead atoms. The van der Waals surface area contributed by atoms with Gasteiger partial charge in [-0.15, -0.1) is 30.4 Å². The monoisotopic (exact) mass is 431 g/mol. The fraction of sp³-hybridized carbons (Fsp3) is 0.471. The second-order valence-corrected chi connectivity index (χ2v) is 4.86. The van der Waals surface area contributed by atoms with E-state index in [0.717, 1.165) is 17.9 Å². The van der Waals surface area contributed by atoms with Crippen LogP contribution in [0.4, 0.5) is 0 Å². The zero-order valence-electron chi connectivity index (χ0n) is 14.2. The zero-order valence-corrected chi connectivity index (χ0v) is 16.5. The Morgan fingerprint density at radius 1 is 1.39 bits per heavy atom. The molecular weight excluding hydrogens is 405 g/mol. The van der Waals surface area contributed by atoms with Crippen molar-refractivity contribution in [2.45, 2.75) is 32.9 Å². The molecule has 0 aliphatic rings. The minimum Gasteiger partial charge on any atom is -0.493 e. The highest BCUT2D eigenvalue weighted by molar-refractivity contribution is 14.0. The van der Waals surface area contributed by atoms with Crippen molar-refractivity contribution in [3.05, 3.63) is 23.8 Å². The predicted molar refractivity (Wildman–Crippen MR) is 106 cm³/mol. The van der Waals surface area contributed by atoms with Crippen LogP contribution in [-0.4, -0.2) is 32.8 Å². The first kappa shape index (κ1) is 21.4. The molecule has 5 nitrogen and oxygen atoms in total. The maximum absolute atomic E-state index is 5.50. The fourth-order valence-corrected chi connectivity index (χ4v) is 1.78. The highest BCUT2D eigenvalue weighted by atomic mass is 127. The second kappa shape index (κ2) is 11.9. The van der Waals surface area contributed by atoms with Crippen LogP contribution < -0.4 is 20.1 Å². The summed E-state index contributed by atoms with van der Waals surface area (Å²) in [7, 11) is 3.36. The number of guanidine groups is 1. The van der Waals surface area contributed by atoms with Gasteiger partial charge in [0, 0.05) is 19.6 Å². The Morgan fingerprint density at radius 2 is 2.13 bits per heavy atom. The van der Waals surface area contributed by atoms with E-state index in [9.17, 15) is 0 Å². The smallest absolute Gasteiger partial charge is 0.191 e. The number of terminal acetylenes is 1. The van der Waals surface area contributed by atoms with Gasteiger partial charge < -0.3 is 20.1 Å². The number of hydrogen-bond donors (Lipinski definition) is 2. The van der Waals surface area contributed by atoms with Crippen molar-refractivity contribution in [2.24, 2.45) is 4.99 Å². The van der Waals surface area contributed by atoms with Crippen LogP contribution in [0.15, 0.2) is 23.2 Å². The van der Waals surface area contributed by atoms with Crippen molar-refractivity contribution < 1.29 is 9.47 Å². The molecule has 0 spiro atoms. The highest BCUT2D eigenvalue weighted by Crippen LogP contribution is 2.27. The first-order chi connectivity index (χ1) is 10.6. The molecule has 0 fully saturated rings. The maximum Gasteiger partial charge on any atom is 0.191 e. The summed E-state index contributed by atoms with van der Waals surface area (Å²) < 4.78 is 10.8. The van der Waals surface area contributed by atoms with Gasteiger partial charge in [-0.25, -0.2) is 0 Å². The standard InChI is InChI=1S/C17H25N3O2.HI/c1-6-10-22-16-11-14(8-9-15(16)21-5)12-19-17(18-4)20-13(3)7-2;/h1,8-9,11,13H,7,10,12H2,2-5H3,(H2,18,19,20);1H. The van der Waals surface area contributed by atoms with Crippen molar-refractivity contribution in [3.63, 3.8) is 0 Å². The van der Waals surface area contributed by atoms with Crippen LogP contribution in [0.3, 0.4) is 0 Å². The Hall–Kier alpha value is -1.62. The summed E-state index contributed by atoms with van der Waals surface area (Å²) >= 11 is 0. The van der Waals surface area contributed by atoms with E-state index in [1.54, 1.807) is 14.2 Å². The van der Waals surface area contributed by atoms with E-state index in [2.05, 4.69) is 35.4 Å². The summed E-state index contributed by atoms with van der Waals surface area (Å²) in [5.74, 6) is 4.54. The molecule has 1 unspecified atom stereocenters. The Morgan fingerprint density at radius 3 is 2.70 bits per heavy atom. The largest absolute Gasteiger partial charge is 0.493 e. The van der Waals surface area contributed by atoms with Gasteiger partial charge in [-0.05, 0) is 31.0 Å². The summed E-state index contributed by atoms with van der Waals surface area (Å²) in [4.78, 5) is 4.21. The van der Waals surface area contributed by atoms with Gasteiger partial charge in [0.25, 0.3) is 0 Å². The van der Waals surface area contributed by atoms with Gasteiger partial charge in [0.15, 0.2) is 17.5 Å². The van der Waals surface area contributed by atoms with E-state index in [-0.39, 0.29) is 30.6 Å². The molecule has 0 saturated carbocycles. The number of hydrogen-bond acceptors (Lipinski definition) is 3. The molecule has 0 aliphatic heterocycles. The Balaban J connectivity index is 0.00000484. The van der Waals surface area contributed by atoms with E-state index >= 15 is 0 Å². The minimum absolute atomic E-state index is 0. The number of benzene rings is 1. The number of nitrogens with zero attached hydrogens (tertiary/aromatic N) is 1. The molecule has 0 radical (unpaired) electrons. The van der Waals surface area contributed by atoms with E-state index in [1.807, 2.05) is 18.2 Å². The number of nitrogens with one attached hydrogen (secondary N) is 2. The molecule has 1 atom stereocenters. The van der Waals surface area contributed by atoms with Crippen LogP contribution in [0.25, 0.3) is 0 Å². The van der Waals surface area contributed by atoms with Crippen LogP contribution in [0.1, 0.15) is 25.8 Å². The normalized spacial score (nSPS) is 11.7. The lowest BCUT2D eigenvalue weighted by molar-refractivity contribution is 0.330. The van der Waals surface area contributed by atoms with Crippen molar-refractivity contribution in [1.82, 2.24) is 10.6 Å². The van der Waals surface area contributed by atoms with Crippen LogP contribution in [0.2, 0.25) is 0 Å². The number of methoxy groups -OCH3 is 1. The molecular formula is C17H26IN3O2. The average Bonchev–Trinajstić information content (AvgIpc) is 2.56. The number of rotatable bonds is 7. The third-order valence-electron chi connectivity index (χ3n) is 3.22. The van der Waals surface area contributed by atoms with Crippen molar-refractivity contribution >= 4 is 29.9 Å². The van der Waals surface area contributed by atoms with Gasteiger partial charge in [-0.3, -0.25) is 4.99 Å². The lowest BCUT2D eigenvalue weighted by atomic mass is 10.2. The summed E-state index contributed by atoms with van der Waals surface area (Å²) in [6.07, 6.45) is 6.26. The van der Waals surface area contributed by atoms with Gasteiger partial charge in [0.2, 0.25) is 0 Å². The Labute approximate surface area is 156 Å². The number of halogens is 1. The molecule has 0 aliphatic carbocycles. The average molecular weight is 431 g/mol. The summed E-state index contributed by atoms with van der Waals surface area (Å²) in [6.45, 7) is 5.09. The molecule has 0 amide bonds. The third-order valence-corrected chi connectivity index (χ3v) is 3.22. The van der Waals surface area contributed by atoms with Gasteiger partial charge in [-0.2, -0.15) is 0 Å². The van der Waals surface area contributed by atoms with Gasteiger partial charge >= 0.3 is 0 Å². The first-order valence-electron chi connectivity index (χ1n) is 7.34. The van der Waals surface area contributed by atoms with E-state index in [0.29, 0.717) is 24.1 Å². The topological polar surface area (TPSA) is 54.9 Å². The number of ether oxygens (including phenoxy) is 2. The van der Waals surface area contributed by atoms with E-state index < -0.39 is 0 Å². The first-order valence-corrected chi connectivity index (χ1v) is 7.34. The molecule has 0 saturated heterocycles. The van der Waals surface area contributed by atoms with Crippen molar-refractivity contribution in [1.29, 1.82) is 0 Å². The molecule has 0 aromatic heterocycles. The fourth-order valence-electron chi connectivity index (χ4n) is 1.78. The lowest BCUT2D eigenvalue weighted by Gasteiger charge is -2.17. The minimum atomic E-state index is 0. The van der Waals surface area contributed by atoms with Crippen LogP contribution >= 0.6 is 24.0 Å². The quantitative estimate of drug-likeness (QED) is 0.302. The molecule has 2 N–H and O–H groups in total. The Bertz CT molecular complexity index is 541. The lowest BCUT2D eigenvalue weighted by Crippen LogP contribution is -2.41. The predicted octanol–water partition coefficient (Wildman–Crippen LogP) is 2.79. The summed E-state index contributed by atoms with van der Waals surface area (Å²) in [6, 6.07) is 6.13. The van der Waals surface area contributed by atoms with Crippen molar-refractivity contribution in [3.8, 4) is 23.8 Å². The van der Waals surface area contributed by atoms with Crippen LogP contribution in [-0.2, 0) is 6.54 Å². The van der Waals surface area contributed by atoms with E-state index in [4.69, 9.17) is 15.9 Å². The second-order valence-electron chi connectivity index (χ2n) is 4.86. The van der Waals surface area contributed by atoms with Crippen molar-refractivity contribution in [2.75, 3.05) is 20.8 Å². The van der Waals surface area contributed by atoms with Gasteiger partial charge in [0.1, 0.15) is 6.61 Å². The molecule has 0 heterocycles. The SMILES string of the molecule is C#CCOc1cc(CNC(=NC)NC(C)CC)ccc1OC.I. The summed E-state index contributed by atoms with van der Waals surface area (Å²) in [5.41, 5.74) is 1.06. The third kappa shape index (κ3) is 7.46. The van der Waals surface area contributed by atoms with Gasteiger partial charge in [0.05, 0.1) is 7.11 Å². The van der Waals surface area contributed by atoms with Gasteiger partial charge in [-0.1, -0.05) is 18.9 Å². The molecule has 23 heavy (non-hydrogen) atoms. The van der Waals surface area contributed by atoms with Crippen LogP contribution in [0.5, 0.6) is 11.5 Å². The number of aliphatic imine (C=N–C) groups is 1. The molecule has 128 valence electrons. The molecule has 1 rings (SSSR count). The molecule has 1 aromatic carbocycles.